The summed E-state index contributed by atoms with van der Waals surface area (Å²) in [5.74, 6) is -0.656. The van der Waals surface area contributed by atoms with E-state index in [4.69, 9.17) is 0 Å². The first-order valence-corrected chi connectivity index (χ1v) is 8.94. The molecule has 1 aliphatic carbocycles. The minimum atomic E-state index is -0.567. The number of amides is 2. The van der Waals surface area contributed by atoms with Gasteiger partial charge in [-0.15, -0.1) is 0 Å². The van der Waals surface area contributed by atoms with Gasteiger partial charge in [-0.2, -0.15) is 0 Å². The van der Waals surface area contributed by atoms with Crippen molar-refractivity contribution >= 4 is 11.8 Å². The number of hydrogen-bond donors (Lipinski definition) is 1. The zero-order chi connectivity index (χ0) is 18.2. The summed E-state index contributed by atoms with van der Waals surface area (Å²) in [6.45, 7) is 4.05. The molecule has 2 rings (SSSR count). The molecule has 25 heavy (non-hydrogen) atoms. The molecule has 0 saturated heterocycles. The van der Waals surface area contributed by atoms with Gasteiger partial charge in [-0.3, -0.25) is 9.59 Å². The van der Waals surface area contributed by atoms with Crippen LogP contribution in [0, 0.1) is 5.82 Å². The Labute approximate surface area is 149 Å². The van der Waals surface area contributed by atoms with Crippen LogP contribution < -0.4 is 5.32 Å². The number of benzene rings is 1. The molecule has 2 amide bonds. The van der Waals surface area contributed by atoms with Crippen molar-refractivity contribution in [1.29, 1.82) is 0 Å². The Balaban J connectivity index is 1.88. The Morgan fingerprint density at radius 2 is 1.96 bits per heavy atom. The Bertz CT molecular complexity index is 625. The highest BCUT2D eigenvalue weighted by Gasteiger charge is 2.23. The molecule has 0 saturated carbocycles. The molecule has 136 valence electrons. The zero-order valence-corrected chi connectivity index (χ0v) is 15.1. The van der Waals surface area contributed by atoms with E-state index in [9.17, 15) is 14.0 Å². The Hall–Kier alpha value is -2.17. The lowest BCUT2D eigenvalue weighted by molar-refractivity contribution is -0.138. The average Bonchev–Trinajstić information content (AvgIpc) is 2.61. The van der Waals surface area contributed by atoms with Gasteiger partial charge in [-0.1, -0.05) is 23.8 Å². The molecule has 1 aromatic rings. The first-order valence-electron chi connectivity index (χ1n) is 8.94. The molecule has 4 nitrogen and oxygen atoms in total. The van der Waals surface area contributed by atoms with Crippen LogP contribution >= 0.6 is 0 Å². The van der Waals surface area contributed by atoms with Crippen molar-refractivity contribution in [1.82, 2.24) is 10.2 Å². The highest BCUT2D eigenvalue weighted by molar-refractivity contribution is 5.86. The molecule has 0 bridgehead atoms. The van der Waals surface area contributed by atoms with E-state index < -0.39 is 6.04 Å². The van der Waals surface area contributed by atoms with E-state index in [-0.39, 0.29) is 24.2 Å². The molecule has 1 N–H and O–H groups in total. The third-order valence-corrected chi connectivity index (χ3v) is 4.65. The summed E-state index contributed by atoms with van der Waals surface area (Å²) < 4.78 is 13.0. The van der Waals surface area contributed by atoms with Gasteiger partial charge in [0.1, 0.15) is 11.9 Å². The number of hydrogen-bond acceptors (Lipinski definition) is 2. The fourth-order valence-corrected chi connectivity index (χ4v) is 3.07. The summed E-state index contributed by atoms with van der Waals surface area (Å²) in [4.78, 5) is 25.8. The topological polar surface area (TPSA) is 49.4 Å². The van der Waals surface area contributed by atoms with Gasteiger partial charge in [0.05, 0.1) is 0 Å². The monoisotopic (exact) mass is 346 g/mol. The van der Waals surface area contributed by atoms with Crippen LogP contribution in [0.5, 0.6) is 0 Å². The van der Waals surface area contributed by atoms with Gasteiger partial charge in [0, 0.05) is 20.0 Å². The number of carbonyl (C=O) groups excluding carboxylic acids is 2. The molecular weight excluding hydrogens is 319 g/mol. The molecule has 1 aliphatic rings. The molecule has 5 heteroatoms. The van der Waals surface area contributed by atoms with Gasteiger partial charge in [0.2, 0.25) is 11.8 Å². The van der Waals surface area contributed by atoms with E-state index in [2.05, 4.69) is 11.4 Å². The van der Waals surface area contributed by atoms with E-state index in [1.807, 2.05) is 0 Å². The lowest BCUT2D eigenvalue weighted by Crippen LogP contribution is -2.47. The summed E-state index contributed by atoms with van der Waals surface area (Å²) >= 11 is 0. The molecule has 0 spiro atoms. The number of nitrogens with one attached hydrogen (secondary N) is 1. The molecule has 0 heterocycles. The maximum Gasteiger partial charge on any atom is 0.242 e. The normalized spacial score (nSPS) is 15.2. The number of carbonyl (C=O) groups is 2. The lowest BCUT2D eigenvalue weighted by atomic mass is 9.97. The summed E-state index contributed by atoms with van der Waals surface area (Å²) in [5.41, 5.74) is 2.21. The second kappa shape index (κ2) is 9.35. The highest BCUT2D eigenvalue weighted by atomic mass is 19.1. The van der Waals surface area contributed by atoms with Crippen molar-refractivity contribution in [2.75, 3.05) is 6.54 Å². The largest absolute Gasteiger partial charge is 0.354 e. The summed E-state index contributed by atoms with van der Waals surface area (Å²) in [5, 5.41) is 2.93. The third kappa shape index (κ3) is 6.00. The van der Waals surface area contributed by atoms with E-state index in [0.717, 1.165) is 24.8 Å². The van der Waals surface area contributed by atoms with Crippen LogP contribution in [-0.2, 0) is 16.1 Å². The smallest absolute Gasteiger partial charge is 0.242 e. The van der Waals surface area contributed by atoms with Gasteiger partial charge < -0.3 is 10.2 Å². The summed E-state index contributed by atoms with van der Waals surface area (Å²) in [6, 6.07) is 5.41. The van der Waals surface area contributed by atoms with E-state index in [1.54, 1.807) is 19.1 Å². The van der Waals surface area contributed by atoms with Crippen LogP contribution in [0.2, 0.25) is 0 Å². The van der Waals surface area contributed by atoms with Crippen LogP contribution in [-0.4, -0.2) is 29.3 Å². The number of rotatable bonds is 7. The maximum atomic E-state index is 13.0. The average molecular weight is 346 g/mol. The van der Waals surface area contributed by atoms with Gasteiger partial charge >= 0.3 is 0 Å². The quantitative estimate of drug-likeness (QED) is 0.767. The van der Waals surface area contributed by atoms with Crippen molar-refractivity contribution in [3.63, 3.8) is 0 Å². The van der Waals surface area contributed by atoms with E-state index >= 15 is 0 Å². The minimum Gasteiger partial charge on any atom is -0.354 e. The van der Waals surface area contributed by atoms with E-state index in [1.165, 1.54) is 42.4 Å². The van der Waals surface area contributed by atoms with Crippen LogP contribution in [0.4, 0.5) is 4.39 Å². The van der Waals surface area contributed by atoms with Gasteiger partial charge in [0.25, 0.3) is 0 Å². The van der Waals surface area contributed by atoms with Crippen molar-refractivity contribution in [3.8, 4) is 0 Å². The predicted octanol–water partition coefficient (Wildman–Crippen LogP) is 3.57. The van der Waals surface area contributed by atoms with Crippen molar-refractivity contribution < 1.29 is 14.0 Å². The fraction of sp³-hybridized carbons (Fsp3) is 0.500. The number of nitrogens with zero attached hydrogens (tertiary/aromatic N) is 1. The second-order valence-corrected chi connectivity index (χ2v) is 6.60. The van der Waals surface area contributed by atoms with Gasteiger partial charge in [0.15, 0.2) is 0 Å². The minimum absolute atomic E-state index is 0.159. The van der Waals surface area contributed by atoms with Crippen LogP contribution in [0.1, 0.15) is 51.5 Å². The van der Waals surface area contributed by atoms with Gasteiger partial charge in [-0.25, -0.2) is 4.39 Å². The molecular formula is C20H27FN2O2. The summed E-state index contributed by atoms with van der Waals surface area (Å²) in [6.07, 6.45) is 7.88. The van der Waals surface area contributed by atoms with Gasteiger partial charge in [-0.05, 0) is 56.7 Å². The number of halogens is 1. The molecule has 0 unspecified atom stereocenters. The maximum absolute atomic E-state index is 13.0. The van der Waals surface area contributed by atoms with Crippen LogP contribution in [0.25, 0.3) is 0 Å². The summed E-state index contributed by atoms with van der Waals surface area (Å²) in [7, 11) is 0. The molecule has 1 aromatic carbocycles. The van der Waals surface area contributed by atoms with Crippen molar-refractivity contribution in [2.24, 2.45) is 0 Å². The van der Waals surface area contributed by atoms with Crippen molar-refractivity contribution in [3.05, 3.63) is 47.3 Å². The molecule has 1 atom stereocenters. The highest BCUT2D eigenvalue weighted by Crippen LogP contribution is 2.19. The predicted molar refractivity (Wildman–Crippen MR) is 96.3 cm³/mol. The second-order valence-electron chi connectivity index (χ2n) is 6.60. The first kappa shape index (κ1) is 19.2. The molecule has 0 radical (unpaired) electrons. The fourth-order valence-electron chi connectivity index (χ4n) is 3.07. The van der Waals surface area contributed by atoms with Crippen LogP contribution in [0.3, 0.4) is 0 Å². The standard InChI is InChI=1S/C20H27FN2O2/c1-15(20(25)22-13-12-17-6-4-3-5-7-17)23(16(2)24)14-18-8-10-19(21)11-9-18/h6,8-11,15H,3-5,7,12-14H2,1-2H3,(H,22,25)/t15-/m0/s1. The van der Waals surface area contributed by atoms with E-state index in [0.29, 0.717) is 6.54 Å². The number of allylic oxidation sites excluding steroid dienone is 1. The zero-order valence-electron chi connectivity index (χ0n) is 15.1. The molecule has 0 aliphatic heterocycles. The van der Waals surface area contributed by atoms with Crippen LogP contribution in [0.15, 0.2) is 35.9 Å². The third-order valence-electron chi connectivity index (χ3n) is 4.65. The molecule has 0 fully saturated rings. The first-order chi connectivity index (χ1) is 12.0. The Morgan fingerprint density at radius 1 is 1.24 bits per heavy atom. The Morgan fingerprint density at radius 3 is 2.56 bits per heavy atom. The SMILES string of the molecule is CC(=O)N(Cc1ccc(F)cc1)[C@@H](C)C(=O)NCCC1=CCCCC1. The molecule has 0 aromatic heterocycles. The van der Waals surface area contributed by atoms with Crippen molar-refractivity contribution in [2.45, 2.75) is 58.5 Å². The lowest BCUT2D eigenvalue weighted by Gasteiger charge is -2.27. The Kier molecular flexibility index (Phi) is 7.16.